The molecule has 3 nitrogen and oxygen atoms in total. The van der Waals surface area contributed by atoms with E-state index in [1.54, 1.807) is 0 Å². The van der Waals surface area contributed by atoms with Gasteiger partial charge in [-0.05, 0) is 30.7 Å². The zero-order valence-corrected chi connectivity index (χ0v) is 12.4. The van der Waals surface area contributed by atoms with Crippen molar-refractivity contribution in [1.29, 1.82) is 0 Å². The first kappa shape index (κ1) is 14.2. The molecule has 2 heterocycles. The number of nitrogens with one attached hydrogen (secondary N) is 1. The van der Waals surface area contributed by atoms with Crippen molar-refractivity contribution in [3.63, 3.8) is 0 Å². The summed E-state index contributed by atoms with van der Waals surface area (Å²) in [6.45, 7) is 4.34. The van der Waals surface area contributed by atoms with Crippen LogP contribution < -0.4 is 5.32 Å². The Morgan fingerprint density at radius 1 is 1.10 bits per heavy atom. The molecule has 0 saturated carbocycles. The molecule has 0 amide bonds. The highest BCUT2D eigenvalue weighted by Crippen LogP contribution is 2.14. The van der Waals surface area contributed by atoms with Crippen LogP contribution in [0.25, 0.3) is 0 Å². The summed E-state index contributed by atoms with van der Waals surface area (Å²) >= 11 is 0. The summed E-state index contributed by atoms with van der Waals surface area (Å²) in [5.41, 5.74) is 2.58. The van der Waals surface area contributed by atoms with Crippen molar-refractivity contribution in [3.8, 4) is 0 Å². The Hall–Kier alpha value is -1.71. The van der Waals surface area contributed by atoms with Gasteiger partial charge in [-0.3, -0.25) is 9.88 Å². The summed E-state index contributed by atoms with van der Waals surface area (Å²) in [6.07, 6.45) is 4.15. The SMILES string of the molecule is c1ccc(CN(CCc2ccccn2)C2CCNC2)cc1. The number of pyridine rings is 1. The number of benzene rings is 1. The van der Waals surface area contributed by atoms with Gasteiger partial charge in [-0.1, -0.05) is 36.4 Å². The Balaban J connectivity index is 1.64. The molecule has 1 atom stereocenters. The van der Waals surface area contributed by atoms with Gasteiger partial charge in [0.05, 0.1) is 0 Å². The van der Waals surface area contributed by atoms with Gasteiger partial charge in [-0.15, -0.1) is 0 Å². The second-order valence-corrected chi connectivity index (χ2v) is 5.67. The molecule has 1 saturated heterocycles. The van der Waals surface area contributed by atoms with E-state index < -0.39 is 0 Å². The maximum atomic E-state index is 4.44. The summed E-state index contributed by atoms with van der Waals surface area (Å²) in [5.74, 6) is 0. The lowest BCUT2D eigenvalue weighted by Crippen LogP contribution is -2.37. The van der Waals surface area contributed by atoms with Gasteiger partial charge in [0, 0.05) is 44.0 Å². The Morgan fingerprint density at radius 3 is 2.67 bits per heavy atom. The third-order valence-corrected chi connectivity index (χ3v) is 4.16. The topological polar surface area (TPSA) is 28.2 Å². The summed E-state index contributed by atoms with van der Waals surface area (Å²) in [5, 5.41) is 3.48. The number of hydrogen-bond donors (Lipinski definition) is 1. The third kappa shape index (κ3) is 4.13. The molecule has 0 bridgehead atoms. The highest BCUT2D eigenvalue weighted by atomic mass is 15.2. The summed E-state index contributed by atoms with van der Waals surface area (Å²) in [7, 11) is 0. The largest absolute Gasteiger partial charge is 0.315 e. The van der Waals surface area contributed by atoms with Crippen LogP contribution in [0.3, 0.4) is 0 Å². The zero-order valence-electron chi connectivity index (χ0n) is 12.4. The van der Waals surface area contributed by atoms with Crippen molar-refractivity contribution in [3.05, 3.63) is 66.0 Å². The summed E-state index contributed by atoms with van der Waals surface area (Å²) in [6, 6.07) is 17.6. The molecule has 0 radical (unpaired) electrons. The molecule has 1 aliphatic heterocycles. The number of rotatable bonds is 6. The molecule has 3 heteroatoms. The lowest BCUT2D eigenvalue weighted by Gasteiger charge is -2.28. The fourth-order valence-corrected chi connectivity index (χ4v) is 2.96. The van der Waals surface area contributed by atoms with Crippen LogP contribution in [0.2, 0.25) is 0 Å². The fraction of sp³-hybridized carbons (Fsp3) is 0.389. The standard InChI is InChI=1S/C18H23N3/c1-2-6-16(7-3-1)15-21(18-9-12-19-14-18)13-10-17-8-4-5-11-20-17/h1-8,11,18-19H,9-10,12-15H2. The summed E-state index contributed by atoms with van der Waals surface area (Å²) < 4.78 is 0. The van der Waals surface area contributed by atoms with Crippen LogP contribution in [-0.4, -0.2) is 35.6 Å². The van der Waals surface area contributed by atoms with Gasteiger partial charge in [0.2, 0.25) is 0 Å². The van der Waals surface area contributed by atoms with Crippen LogP contribution in [0.4, 0.5) is 0 Å². The molecule has 3 rings (SSSR count). The van der Waals surface area contributed by atoms with Crippen molar-refractivity contribution in [1.82, 2.24) is 15.2 Å². The third-order valence-electron chi connectivity index (χ3n) is 4.16. The molecule has 1 fully saturated rings. The predicted octanol–water partition coefficient (Wildman–Crippen LogP) is 2.49. The van der Waals surface area contributed by atoms with Gasteiger partial charge in [0.15, 0.2) is 0 Å². The first-order valence-electron chi connectivity index (χ1n) is 7.80. The molecular weight excluding hydrogens is 258 g/mol. The molecule has 0 aliphatic carbocycles. The van der Waals surface area contributed by atoms with Crippen molar-refractivity contribution in [2.45, 2.75) is 25.4 Å². The molecule has 1 aliphatic rings. The van der Waals surface area contributed by atoms with Crippen LogP contribution >= 0.6 is 0 Å². The minimum Gasteiger partial charge on any atom is -0.315 e. The van der Waals surface area contributed by atoms with Crippen LogP contribution in [0, 0.1) is 0 Å². The van der Waals surface area contributed by atoms with Gasteiger partial charge in [-0.25, -0.2) is 0 Å². The van der Waals surface area contributed by atoms with Crippen LogP contribution in [-0.2, 0) is 13.0 Å². The zero-order chi connectivity index (χ0) is 14.3. The first-order valence-corrected chi connectivity index (χ1v) is 7.80. The fourth-order valence-electron chi connectivity index (χ4n) is 2.96. The minimum absolute atomic E-state index is 0.647. The van der Waals surface area contributed by atoms with Gasteiger partial charge < -0.3 is 5.32 Å². The second-order valence-electron chi connectivity index (χ2n) is 5.67. The van der Waals surface area contributed by atoms with Gasteiger partial charge in [0.25, 0.3) is 0 Å². The van der Waals surface area contributed by atoms with E-state index in [0.29, 0.717) is 6.04 Å². The second kappa shape index (κ2) is 7.34. The molecule has 21 heavy (non-hydrogen) atoms. The van der Waals surface area contributed by atoms with E-state index in [1.165, 1.54) is 17.7 Å². The molecule has 1 aromatic carbocycles. The first-order chi connectivity index (χ1) is 10.4. The van der Waals surface area contributed by atoms with Gasteiger partial charge in [-0.2, -0.15) is 0 Å². The number of hydrogen-bond acceptors (Lipinski definition) is 3. The molecule has 0 spiro atoms. The quantitative estimate of drug-likeness (QED) is 0.882. The van der Waals surface area contributed by atoms with E-state index >= 15 is 0 Å². The average Bonchev–Trinajstić information content (AvgIpc) is 3.08. The monoisotopic (exact) mass is 281 g/mol. The highest BCUT2D eigenvalue weighted by Gasteiger charge is 2.22. The Labute approximate surface area is 127 Å². The Bertz CT molecular complexity index is 521. The average molecular weight is 281 g/mol. The number of aromatic nitrogens is 1. The molecular formula is C18H23N3. The van der Waals surface area contributed by atoms with E-state index in [2.05, 4.69) is 57.7 Å². The predicted molar refractivity (Wildman–Crippen MR) is 86.1 cm³/mol. The van der Waals surface area contributed by atoms with Crippen molar-refractivity contribution >= 4 is 0 Å². The molecule has 1 N–H and O–H groups in total. The lowest BCUT2D eigenvalue weighted by molar-refractivity contribution is 0.201. The highest BCUT2D eigenvalue weighted by molar-refractivity contribution is 5.15. The van der Waals surface area contributed by atoms with Crippen molar-refractivity contribution in [2.24, 2.45) is 0 Å². The molecule has 1 unspecified atom stereocenters. The van der Waals surface area contributed by atoms with E-state index in [-0.39, 0.29) is 0 Å². The summed E-state index contributed by atoms with van der Waals surface area (Å²) in [4.78, 5) is 7.04. The lowest BCUT2D eigenvalue weighted by atomic mass is 10.1. The van der Waals surface area contributed by atoms with E-state index in [4.69, 9.17) is 0 Å². The normalized spacial score (nSPS) is 18.2. The van der Waals surface area contributed by atoms with E-state index in [9.17, 15) is 0 Å². The maximum Gasteiger partial charge on any atom is 0.0416 e. The molecule has 110 valence electrons. The number of nitrogens with zero attached hydrogens (tertiary/aromatic N) is 2. The minimum atomic E-state index is 0.647. The van der Waals surface area contributed by atoms with Crippen LogP contribution in [0.5, 0.6) is 0 Å². The van der Waals surface area contributed by atoms with E-state index in [1.807, 2.05) is 12.3 Å². The Kier molecular flexibility index (Phi) is 4.98. The van der Waals surface area contributed by atoms with E-state index in [0.717, 1.165) is 32.6 Å². The van der Waals surface area contributed by atoms with Crippen LogP contribution in [0.1, 0.15) is 17.7 Å². The molecule has 1 aromatic heterocycles. The van der Waals surface area contributed by atoms with Crippen LogP contribution in [0.15, 0.2) is 54.7 Å². The van der Waals surface area contributed by atoms with Crippen molar-refractivity contribution in [2.75, 3.05) is 19.6 Å². The van der Waals surface area contributed by atoms with Gasteiger partial charge in [0.1, 0.15) is 0 Å². The Morgan fingerprint density at radius 2 is 1.95 bits per heavy atom. The maximum absolute atomic E-state index is 4.44. The smallest absolute Gasteiger partial charge is 0.0416 e. The van der Waals surface area contributed by atoms with Crippen molar-refractivity contribution < 1.29 is 0 Å². The molecule has 2 aromatic rings. The van der Waals surface area contributed by atoms with Gasteiger partial charge >= 0.3 is 0 Å².